The molecule has 1 aromatic rings. The third-order valence-electron chi connectivity index (χ3n) is 1.78. The maximum Gasteiger partial charge on any atom is 0.350 e. The molecule has 1 rings (SSSR count). The van der Waals surface area contributed by atoms with Crippen LogP contribution in [0.15, 0.2) is 6.20 Å². The van der Waals surface area contributed by atoms with Crippen molar-refractivity contribution in [1.82, 2.24) is 15.1 Å². The molecule has 1 N–H and O–H groups in total. The molecule has 0 bridgehead atoms. The minimum atomic E-state index is -0.611. The van der Waals surface area contributed by atoms with E-state index < -0.39 is 4.92 Å². The molecule has 0 aliphatic heterocycles. The maximum atomic E-state index is 11.2. The summed E-state index contributed by atoms with van der Waals surface area (Å²) in [5, 5.41) is 16.9. The molecule has 8 heteroatoms. The normalized spacial score (nSPS) is 9.88. The second-order valence-corrected chi connectivity index (χ2v) is 2.93. The molecule has 0 spiro atoms. The van der Waals surface area contributed by atoms with Crippen LogP contribution in [0.25, 0.3) is 0 Å². The molecule has 0 aromatic carbocycles. The summed E-state index contributed by atoms with van der Waals surface area (Å²) in [6, 6.07) is 0. The Balaban J connectivity index is 2.82. The zero-order valence-corrected chi connectivity index (χ0v) is 8.97. The highest BCUT2D eigenvalue weighted by Gasteiger charge is 2.20. The summed E-state index contributed by atoms with van der Waals surface area (Å²) in [4.78, 5) is 21.2. The molecule has 0 saturated carbocycles. The van der Waals surface area contributed by atoms with Crippen molar-refractivity contribution in [2.45, 2.75) is 13.5 Å². The smallest absolute Gasteiger partial charge is 0.350 e. The number of methoxy groups -OCH3 is 1. The number of carbonyl (C=O) groups is 1. The lowest BCUT2D eigenvalue weighted by Crippen LogP contribution is -2.27. The Morgan fingerprint density at radius 3 is 2.88 bits per heavy atom. The van der Waals surface area contributed by atoms with E-state index in [-0.39, 0.29) is 24.0 Å². The van der Waals surface area contributed by atoms with Gasteiger partial charge in [-0.1, -0.05) is 0 Å². The number of nitro groups is 1. The summed E-state index contributed by atoms with van der Waals surface area (Å²) in [5.74, 6) is -0.364. The van der Waals surface area contributed by atoms with Gasteiger partial charge in [-0.05, 0) is 6.92 Å². The zero-order chi connectivity index (χ0) is 12.1. The Labute approximate surface area is 91.3 Å². The van der Waals surface area contributed by atoms with E-state index in [9.17, 15) is 14.9 Å². The molecule has 16 heavy (non-hydrogen) atoms. The van der Waals surface area contributed by atoms with E-state index >= 15 is 0 Å². The van der Waals surface area contributed by atoms with Crippen molar-refractivity contribution in [2.75, 3.05) is 13.7 Å². The highest BCUT2D eigenvalue weighted by atomic mass is 16.6. The van der Waals surface area contributed by atoms with Crippen molar-refractivity contribution in [2.24, 2.45) is 0 Å². The van der Waals surface area contributed by atoms with E-state index in [0.29, 0.717) is 6.54 Å². The summed E-state index contributed by atoms with van der Waals surface area (Å²) in [6.45, 7) is 2.21. The van der Waals surface area contributed by atoms with Crippen LogP contribution in [0.2, 0.25) is 0 Å². The average Bonchev–Trinajstić information content (AvgIpc) is 2.61. The molecule has 1 aromatic heterocycles. The summed E-state index contributed by atoms with van der Waals surface area (Å²) in [7, 11) is 1.28. The van der Waals surface area contributed by atoms with Crippen molar-refractivity contribution in [3.63, 3.8) is 0 Å². The first kappa shape index (κ1) is 12.0. The van der Waals surface area contributed by atoms with Gasteiger partial charge in [0.1, 0.15) is 12.7 Å². The molecule has 88 valence electrons. The topological polar surface area (TPSA) is 99.3 Å². The second-order valence-electron chi connectivity index (χ2n) is 2.93. The molecule has 1 amide bonds. The first-order chi connectivity index (χ1) is 7.58. The van der Waals surface area contributed by atoms with Gasteiger partial charge in [0, 0.05) is 6.54 Å². The highest BCUT2D eigenvalue weighted by molar-refractivity contribution is 5.75. The van der Waals surface area contributed by atoms with Gasteiger partial charge in [0.15, 0.2) is 0 Å². The Morgan fingerprint density at radius 2 is 2.44 bits per heavy atom. The number of hydrogen-bond acceptors (Lipinski definition) is 5. The average molecular weight is 228 g/mol. The van der Waals surface area contributed by atoms with Gasteiger partial charge in [0.25, 0.3) is 0 Å². The van der Waals surface area contributed by atoms with E-state index in [1.165, 1.54) is 11.8 Å². The van der Waals surface area contributed by atoms with Gasteiger partial charge in [-0.15, -0.1) is 5.10 Å². The summed E-state index contributed by atoms with van der Waals surface area (Å²) in [5.41, 5.74) is -0.258. The fraction of sp³-hybridized carbons (Fsp3) is 0.500. The number of carbonyl (C=O) groups excluding carboxylic acids is 1. The first-order valence-electron chi connectivity index (χ1n) is 4.61. The Hall–Kier alpha value is -2.12. The van der Waals surface area contributed by atoms with Gasteiger partial charge in [-0.25, -0.2) is 0 Å². The molecule has 0 unspecified atom stereocenters. The number of nitrogens with zero attached hydrogens (tertiary/aromatic N) is 3. The molecule has 0 saturated heterocycles. The third-order valence-corrected chi connectivity index (χ3v) is 1.78. The lowest BCUT2D eigenvalue weighted by Gasteiger charge is -2.00. The van der Waals surface area contributed by atoms with Crippen LogP contribution in [-0.2, 0) is 11.3 Å². The van der Waals surface area contributed by atoms with Crippen LogP contribution in [-0.4, -0.2) is 34.3 Å². The van der Waals surface area contributed by atoms with Crippen LogP contribution < -0.4 is 10.1 Å². The van der Waals surface area contributed by atoms with Gasteiger partial charge < -0.3 is 10.1 Å². The number of likely N-dealkylation sites (N-methyl/N-ethyl adjacent to an activating group) is 1. The largest absolute Gasteiger partial charge is 0.475 e. The van der Waals surface area contributed by atoms with E-state index in [1.54, 1.807) is 6.92 Å². The predicted octanol–water partition coefficient (Wildman–Crippen LogP) is -0.0640. The van der Waals surface area contributed by atoms with Crippen LogP contribution in [0.4, 0.5) is 5.69 Å². The van der Waals surface area contributed by atoms with E-state index in [0.717, 1.165) is 6.20 Å². The van der Waals surface area contributed by atoms with Crippen molar-refractivity contribution < 1.29 is 14.5 Å². The predicted molar refractivity (Wildman–Crippen MR) is 54.1 cm³/mol. The lowest BCUT2D eigenvalue weighted by molar-refractivity contribution is -0.385. The fourth-order valence-electron chi connectivity index (χ4n) is 1.14. The zero-order valence-electron chi connectivity index (χ0n) is 8.97. The summed E-state index contributed by atoms with van der Waals surface area (Å²) < 4.78 is 5.89. The van der Waals surface area contributed by atoms with Crippen LogP contribution in [0, 0.1) is 10.1 Å². The summed E-state index contributed by atoms with van der Waals surface area (Å²) in [6.07, 6.45) is 1.16. The minimum absolute atomic E-state index is 0.0714. The quantitative estimate of drug-likeness (QED) is 0.562. The number of amides is 1. The number of ether oxygens (including phenoxy) is 1. The number of nitrogens with one attached hydrogen (secondary N) is 1. The SMILES string of the molecule is CCNC(=O)Cn1cc([N+](=O)[O-])c(OC)n1. The Morgan fingerprint density at radius 1 is 1.75 bits per heavy atom. The Bertz CT molecular complexity index is 401. The minimum Gasteiger partial charge on any atom is -0.475 e. The van der Waals surface area contributed by atoms with Crippen LogP contribution >= 0.6 is 0 Å². The molecular formula is C8H12N4O4. The molecule has 8 nitrogen and oxygen atoms in total. The van der Waals surface area contributed by atoms with Crippen molar-refractivity contribution in [3.8, 4) is 5.88 Å². The van der Waals surface area contributed by atoms with Crippen LogP contribution in [0.3, 0.4) is 0 Å². The lowest BCUT2D eigenvalue weighted by atomic mass is 10.5. The first-order valence-corrected chi connectivity index (χ1v) is 4.61. The van der Waals surface area contributed by atoms with E-state index in [2.05, 4.69) is 10.4 Å². The number of rotatable bonds is 5. The van der Waals surface area contributed by atoms with Crippen molar-refractivity contribution in [3.05, 3.63) is 16.3 Å². The summed E-state index contributed by atoms with van der Waals surface area (Å²) >= 11 is 0. The highest BCUT2D eigenvalue weighted by Crippen LogP contribution is 2.23. The molecule has 0 fully saturated rings. The molecule has 0 aliphatic carbocycles. The molecular weight excluding hydrogens is 216 g/mol. The second kappa shape index (κ2) is 5.10. The Kier molecular flexibility index (Phi) is 3.81. The maximum absolute atomic E-state index is 11.2. The van der Waals surface area contributed by atoms with Crippen LogP contribution in [0.5, 0.6) is 5.88 Å². The monoisotopic (exact) mass is 228 g/mol. The molecule has 0 aliphatic rings. The number of aromatic nitrogens is 2. The van der Waals surface area contributed by atoms with Gasteiger partial charge in [-0.3, -0.25) is 19.6 Å². The van der Waals surface area contributed by atoms with Gasteiger partial charge in [0.2, 0.25) is 5.91 Å². The third kappa shape index (κ3) is 2.69. The standard InChI is InChI=1S/C8H12N4O4/c1-3-9-7(13)5-11-4-6(12(14)15)8(10-11)16-2/h4H,3,5H2,1-2H3,(H,9,13). The molecule has 0 radical (unpaired) electrons. The van der Waals surface area contributed by atoms with E-state index in [4.69, 9.17) is 4.74 Å². The van der Waals surface area contributed by atoms with Gasteiger partial charge in [0.05, 0.1) is 12.0 Å². The molecule has 1 heterocycles. The molecule has 0 atom stereocenters. The van der Waals surface area contributed by atoms with Crippen LogP contribution in [0.1, 0.15) is 6.92 Å². The van der Waals surface area contributed by atoms with Gasteiger partial charge in [-0.2, -0.15) is 0 Å². The van der Waals surface area contributed by atoms with E-state index in [1.807, 2.05) is 0 Å². The van der Waals surface area contributed by atoms with Crippen molar-refractivity contribution >= 4 is 11.6 Å². The number of hydrogen-bond donors (Lipinski definition) is 1. The van der Waals surface area contributed by atoms with Gasteiger partial charge >= 0.3 is 11.6 Å². The fourth-order valence-corrected chi connectivity index (χ4v) is 1.14. The van der Waals surface area contributed by atoms with Crippen molar-refractivity contribution in [1.29, 1.82) is 0 Å².